The average Bonchev–Trinajstić information content (AvgIpc) is 3.72. The second-order valence-corrected chi connectivity index (χ2v) is 15.7. The van der Waals surface area contributed by atoms with Crippen LogP contribution in [-0.4, -0.2) is 82.9 Å². The molecule has 19 nitrogen and oxygen atoms in total. The van der Waals surface area contributed by atoms with Crippen LogP contribution in [0.1, 0.15) is 24.3 Å². The van der Waals surface area contributed by atoms with Gasteiger partial charge in [0, 0.05) is 12.0 Å². The second kappa shape index (κ2) is 11.0. The quantitative estimate of drug-likeness (QED) is 0.147. The van der Waals surface area contributed by atoms with Crippen LogP contribution in [0, 0.1) is 0 Å². The highest BCUT2D eigenvalue weighted by molar-refractivity contribution is 8.44. The summed E-state index contributed by atoms with van der Waals surface area (Å²) in [7, 11) is 0. The molecule has 24 heteroatoms. The van der Waals surface area contributed by atoms with Gasteiger partial charge >= 0.3 is 13.6 Å². The van der Waals surface area contributed by atoms with Crippen molar-refractivity contribution in [3.05, 3.63) is 34.8 Å². The molecule has 0 amide bonds. The molecule has 3 fully saturated rings. The minimum atomic E-state index is -4.35. The van der Waals surface area contributed by atoms with Crippen molar-refractivity contribution in [2.45, 2.75) is 49.3 Å². The predicted octanol–water partition coefficient (Wildman–Crippen LogP) is 1.38. The first kappa shape index (κ1) is 30.0. The Hall–Kier alpha value is -2.65. The number of thiol groups is 2. The topological polar surface area (TPSA) is 248 Å². The monoisotopic (exact) mass is 692 g/mol. The van der Waals surface area contributed by atoms with E-state index in [0.29, 0.717) is 11.2 Å². The van der Waals surface area contributed by atoms with Crippen molar-refractivity contribution in [3.8, 4) is 0 Å². The van der Waals surface area contributed by atoms with E-state index in [1.165, 1.54) is 21.6 Å². The number of alkyl halides is 1. The van der Waals surface area contributed by atoms with E-state index < -0.39 is 75.3 Å². The standard InChI is InChI=1S/C20H23FN10O9P2S2/c21-12-11-4-36-41(33,43)39-9-1-8(7-2-27-31-15(7)24-5-25-20(31)23)37-10(9)3-35-42(34,44)40-14(12)18(38-11)30-6-26-13-16(30)28-19(22)29-17(13)32/h2,5-6,8-12,14,18H,1,3-4H2,(H,33,43)(H,34,44)(H2,23,24,25)(H3,22,28,29,32)/t8-,9+,10?,11-,12-,14-,18-,41?,42?/m1/s1. The first-order chi connectivity index (χ1) is 20.9. The number of nitrogen functional groups attached to an aromatic ring is 2. The average molecular weight is 693 g/mol. The maximum atomic E-state index is 15.8. The van der Waals surface area contributed by atoms with Crippen LogP contribution >= 0.6 is 38.1 Å². The molecule has 9 atom stereocenters. The van der Waals surface area contributed by atoms with Gasteiger partial charge in [-0.1, -0.05) is 24.5 Å². The third-order valence-corrected chi connectivity index (χ3v) is 10.5. The van der Waals surface area contributed by atoms with Gasteiger partial charge in [-0.05, 0) is 0 Å². The number of hydrogen-bond donors (Lipinski definition) is 5. The van der Waals surface area contributed by atoms with Crippen LogP contribution in [-0.2, 0) is 36.7 Å². The zero-order valence-corrected chi connectivity index (χ0v) is 25.6. The Bertz CT molecular complexity index is 1910. The minimum absolute atomic E-state index is 0.0641. The van der Waals surface area contributed by atoms with Gasteiger partial charge in [0.05, 0.1) is 37.9 Å². The Morgan fingerprint density at radius 3 is 2.55 bits per heavy atom. The van der Waals surface area contributed by atoms with Gasteiger partial charge in [-0.15, -0.1) is 0 Å². The number of rotatable bonds is 2. The smallest absolute Gasteiger partial charge is 0.369 e. The number of fused-ring (bicyclic) bond motifs is 5. The second-order valence-electron chi connectivity index (χ2n) is 9.99. The molecule has 2 bridgehead atoms. The first-order valence-electron chi connectivity index (χ1n) is 12.8. The van der Waals surface area contributed by atoms with Crippen LogP contribution in [0.2, 0.25) is 0 Å². The summed E-state index contributed by atoms with van der Waals surface area (Å²) in [5, 5.41) is 4.18. The van der Waals surface area contributed by atoms with Crippen molar-refractivity contribution in [2.75, 3.05) is 24.7 Å². The van der Waals surface area contributed by atoms with Gasteiger partial charge in [-0.2, -0.15) is 14.6 Å². The largest absolute Gasteiger partial charge is 0.386 e. The predicted molar refractivity (Wildman–Crippen MR) is 154 cm³/mol. The van der Waals surface area contributed by atoms with Crippen molar-refractivity contribution in [1.82, 2.24) is 39.1 Å². The SMILES string of the molecule is Nc1nc2c(ncn2[C@@H]2O[C@@H]3COP(=O)(S)O[C@H]4C[C@H](c5cnn6c(N)ncnc56)OC4COP(=O)(S)O[C@@H]2[C@@H]3F)c(=O)[nH]1. The Labute approximate surface area is 255 Å². The fourth-order valence-corrected chi connectivity index (χ4v) is 8.24. The summed E-state index contributed by atoms with van der Waals surface area (Å²) in [6.45, 7) is -9.61. The van der Waals surface area contributed by atoms with Crippen molar-refractivity contribution in [3.63, 3.8) is 0 Å². The third-order valence-electron chi connectivity index (χ3n) is 7.22. The van der Waals surface area contributed by atoms with Crippen LogP contribution in [0.15, 0.2) is 23.6 Å². The summed E-state index contributed by atoms with van der Waals surface area (Å²) in [5.41, 5.74) is 11.6. The van der Waals surface area contributed by atoms with Gasteiger partial charge < -0.3 is 20.9 Å². The molecular formula is C20H23FN10O9P2S2. The van der Waals surface area contributed by atoms with E-state index in [4.69, 9.17) is 39.0 Å². The van der Waals surface area contributed by atoms with Gasteiger partial charge in [0.15, 0.2) is 29.2 Å². The van der Waals surface area contributed by atoms with Crippen molar-refractivity contribution in [2.24, 2.45) is 0 Å². The number of nitrogens with two attached hydrogens (primary N) is 2. The number of nitrogens with zero attached hydrogens (tertiary/aromatic N) is 7. The van der Waals surface area contributed by atoms with Gasteiger partial charge in [-0.3, -0.25) is 32.4 Å². The van der Waals surface area contributed by atoms with Crippen LogP contribution in [0.5, 0.6) is 0 Å². The van der Waals surface area contributed by atoms with E-state index >= 15 is 4.39 Å². The molecule has 0 saturated carbocycles. The van der Waals surface area contributed by atoms with Crippen LogP contribution in [0.25, 0.3) is 16.8 Å². The molecule has 4 aromatic heterocycles. The minimum Gasteiger partial charge on any atom is -0.369 e. The molecule has 0 aliphatic carbocycles. The van der Waals surface area contributed by atoms with Crippen molar-refractivity contribution >= 4 is 66.8 Å². The zero-order valence-electron chi connectivity index (χ0n) is 22.0. The lowest BCUT2D eigenvalue weighted by Crippen LogP contribution is -2.32. The molecule has 4 aromatic rings. The highest BCUT2D eigenvalue weighted by Crippen LogP contribution is 2.60. The molecule has 3 unspecified atom stereocenters. The maximum absolute atomic E-state index is 15.8. The zero-order chi connectivity index (χ0) is 31.0. The number of anilines is 2. The molecule has 44 heavy (non-hydrogen) atoms. The number of aromatic amines is 1. The summed E-state index contributed by atoms with van der Waals surface area (Å²) in [5.74, 6) is -0.141. The molecule has 5 N–H and O–H groups in total. The van der Waals surface area contributed by atoms with E-state index in [-0.39, 0.29) is 29.5 Å². The molecular weight excluding hydrogens is 669 g/mol. The summed E-state index contributed by atoms with van der Waals surface area (Å²) in [4.78, 5) is 30.7. The van der Waals surface area contributed by atoms with E-state index in [1.54, 1.807) is 0 Å². The molecule has 7 rings (SSSR count). The number of H-pyrrole nitrogens is 1. The molecule has 0 spiro atoms. The van der Waals surface area contributed by atoms with E-state index in [0.717, 1.165) is 6.33 Å². The fourth-order valence-electron chi connectivity index (χ4n) is 5.27. The maximum Gasteiger partial charge on any atom is 0.386 e. The van der Waals surface area contributed by atoms with Gasteiger partial charge in [-0.25, -0.2) is 28.5 Å². The lowest BCUT2D eigenvalue weighted by molar-refractivity contribution is -0.0517. The number of imidazole rings is 1. The molecule has 3 aliphatic heterocycles. The highest BCUT2D eigenvalue weighted by atomic mass is 32.7. The number of aromatic nitrogens is 8. The number of halogens is 1. The van der Waals surface area contributed by atoms with Gasteiger partial charge in [0.1, 0.15) is 24.6 Å². The Balaban J connectivity index is 1.19. The van der Waals surface area contributed by atoms with Gasteiger partial charge in [0.25, 0.3) is 5.56 Å². The Kier molecular flexibility index (Phi) is 7.51. The molecule has 3 aliphatic rings. The van der Waals surface area contributed by atoms with Crippen LogP contribution < -0.4 is 17.0 Å². The van der Waals surface area contributed by atoms with Crippen molar-refractivity contribution < 1.29 is 41.1 Å². The molecule has 0 aromatic carbocycles. The van der Waals surface area contributed by atoms with Crippen LogP contribution in [0.4, 0.5) is 16.3 Å². The first-order valence-corrected chi connectivity index (χ1v) is 18.2. The summed E-state index contributed by atoms with van der Waals surface area (Å²) in [6.07, 6.45) is -5.19. The normalized spacial score (nSPS) is 36.6. The van der Waals surface area contributed by atoms with E-state index in [9.17, 15) is 13.9 Å². The van der Waals surface area contributed by atoms with Crippen LogP contribution in [0.3, 0.4) is 0 Å². The highest BCUT2D eigenvalue weighted by Gasteiger charge is 2.52. The molecule has 0 radical (unpaired) electrons. The Morgan fingerprint density at radius 1 is 1.00 bits per heavy atom. The number of ether oxygens (including phenoxy) is 2. The molecule has 3 saturated heterocycles. The third kappa shape index (κ3) is 5.42. The number of nitrogens with one attached hydrogen (secondary N) is 1. The summed E-state index contributed by atoms with van der Waals surface area (Å²) < 4.78 is 79.3. The van der Waals surface area contributed by atoms with E-state index in [1.807, 2.05) is 0 Å². The summed E-state index contributed by atoms with van der Waals surface area (Å²) >= 11 is 8.14. The number of hydrogen-bond acceptors (Lipinski definition) is 16. The fraction of sp³-hybridized carbons (Fsp3) is 0.500. The lowest BCUT2D eigenvalue weighted by Gasteiger charge is -2.26. The Morgan fingerprint density at radius 2 is 1.75 bits per heavy atom. The molecule has 7 heterocycles. The van der Waals surface area contributed by atoms with E-state index in [2.05, 4.69) is 54.5 Å². The molecule has 236 valence electrons. The lowest BCUT2D eigenvalue weighted by atomic mass is 10.1. The van der Waals surface area contributed by atoms with Gasteiger partial charge in [0.2, 0.25) is 11.9 Å². The summed E-state index contributed by atoms with van der Waals surface area (Å²) in [6, 6.07) is 0. The van der Waals surface area contributed by atoms with Crippen molar-refractivity contribution in [1.29, 1.82) is 0 Å².